The zero-order valence-corrected chi connectivity index (χ0v) is 18.1. The van der Waals surface area contributed by atoms with Gasteiger partial charge in [0.2, 0.25) is 5.91 Å². The second kappa shape index (κ2) is 11.0. The Labute approximate surface area is 190 Å². The van der Waals surface area contributed by atoms with Crippen LogP contribution in [0.25, 0.3) is 6.08 Å². The third-order valence-electron chi connectivity index (χ3n) is 4.55. The molecule has 2 N–H and O–H groups in total. The summed E-state index contributed by atoms with van der Waals surface area (Å²) >= 11 is 11.0. The highest BCUT2D eigenvalue weighted by Crippen LogP contribution is 2.25. The molecule has 3 rings (SSSR count). The number of rotatable bonds is 6. The number of nitrogens with zero attached hydrogens (tertiary/aromatic N) is 2. The molecule has 0 spiro atoms. The second-order valence-electron chi connectivity index (χ2n) is 6.83. The highest BCUT2D eigenvalue weighted by atomic mass is 35.5. The monoisotopic (exact) mass is 460 g/mol. The molecule has 0 saturated carbocycles. The summed E-state index contributed by atoms with van der Waals surface area (Å²) in [6.45, 7) is 4.23. The SMILES string of the molecule is O=C(/C=C/c1ccc(Cl)c([N+](=O)[O-])c1)NC(=S)Nc1ccc(CN2CCOCC2)cc1. The lowest BCUT2D eigenvalue weighted by molar-refractivity contribution is -0.384. The van der Waals surface area contributed by atoms with Gasteiger partial charge in [0, 0.05) is 37.5 Å². The van der Waals surface area contributed by atoms with Gasteiger partial charge < -0.3 is 10.1 Å². The second-order valence-corrected chi connectivity index (χ2v) is 7.65. The summed E-state index contributed by atoms with van der Waals surface area (Å²) in [4.78, 5) is 24.8. The molecule has 1 aliphatic rings. The van der Waals surface area contributed by atoms with Crippen molar-refractivity contribution >= 4 is 52.3 Å². The van der Waals surface area contributed by atoms with Crippen molar-refractivity contribution in [3.05, 3.63) is 74.8 Å². The third-order valence-corrected chi connectivity index (χ3v) is 5.08. The van der Waals surface area contributed by atoms with Crippen LogP contribution in [0.1, 0.15) is 11.1 Å². The Morgan fingerprint density at radius 2 is 1.94 bits per heavy atom. The fraction of sp³-hybridized carbons (Fsp3) is 0.238. The standard InChI is InChI=1S/C21H21ClN4O4S/c22-18-7-3-15(13-19(18)26(28)29)4-8-20(27)24-21(31)23-17-5-1-16(2-6-17)14-25-9-11-30-12-10-25/h1-8,13H,9-12,14H2,(H2,23,24,27,31)/b8-4+. The topological polar surface area (TPSA) is 96.7 Å². The maximum Gasteiger partial charge on any atom is 0.288 e. The number of nitro groups is 1. The van der Waals surface area contributed by atoms with E-state index >= 15 is 0 Å². The van der Waals surface area contributed by atoms with E-state index in [9.17, 15) is 14.9 Å². The average molecular weight is 461 g/mol. The van der Waals surface area contributed by atoms with Crippen molar-refractivity contribution in [2.75, 3.05) is 31.6 Å². The molecule has 2 aromatic rings. The quantitative estimate of drug-likeness (QED) is 0.294. The number of morpholine rings is 1. The van der Waals surface area contributed by atoms with Gasteiger partial charge >= 0.3 is 0 Å². The number of thiocarbonyl (C=S) groups is 1. The van der Waals surface area contributed by atoms with Gasteiger partial charge in [0.05, 0.1) is 18.1 Å². The van der Waals surface area contributed by atoms with Gasteiger partial charge in [-0.15, -0.1) is 0 Å². The van der Waals surface area contributed by atoms with E-state index < -0.39 is 10.8 Å². The van der Waals surface area contributed by atoms with Gasteiger partial charge in [0.1, 0.15) is 5.02 Å². The van der Waals surface area contributed by atoms with Crippen molar-refractivity contribution in [3.63, 3.8) is 0 Å². The normalized spacial score (nSPS) is 14.4. The average Bonchev–Trinajstić information content (AvgIpc) is 2.75. The Morgan fingerprint density at radius 1 is 1.23 bits per heavy atom. The molecule has 0 unspecified atom stereocenters. The molecule has 1 saturated heterocycles. The summed E-state index contributed by atoms with van der Waals surface area (Å²) in [6.07, 6.45) is 2.69. The van der Waals surface area contributed by atoms with E-state index in [-0.39, 0.29) is 15.8 Å². The number of anilines is 1. The minimum atomic E-state index is -0.578. The van der Waals surface area contributed by atoms with Gasteiger partial charge in [-0.25, -0.2) is 0 Å². The van der Waals surface area contributed by atoms with Crippen LogP contribution >= 0.6 is 23.8 Å². The van der Waals surface area contributed by atoms with Gasteiger partial charge in [0.15, 0.2) is 5.11 Å². The number of ether oxygens (including phenoxy) is 1. The molecule has 0 radical (unpaired) electrons. The number of carbonyl (C=O) groups excluding carboxylic acids is 1. The van der Waals surface area contributed by atoms with Crippen LogP contribution in [0, 0.1) is 10.1 Å². The molecule has 0 aliphatic carbocycles. The van der Waals surface area contributed by atoms with Crippen LogP contribution in [-0.2, 0) is 16.1 Å². The van der Waals surface area contributed by atoms with Crippen LogP contribution in [0.2, 0.25) is 5.02 Å². The lowest BCUT2D eigenvalue weighted by Gasteiger charge is -2.26. The maximum atomic E-state index is 12.1. The first-order valence-electron chi connectivity index (χ1n) is 9.54. The minimum Gasteiger partial charge on any atom is -0.379 e. The van der Waals surface area contributed by atoms with Crippen LogP contribution in [0.3, 0.4) is 0 Å². The van der Waals surface area contributed by atoms with Crippen molar-refractivity contribution in [1.82, 2.24) is 10.2 Å². The summed E-state index contributed by atoms with van der Waals surface area (Å²) in [5.41, 5.74) is 2.19. The Morgan fingerprint density at radius 3 is 2.61 bits per heavy atom. The van der Waals surface area contributed by atoms with E-state index in [2.05, 4.69) is 15.5 Å². The van der Waals surface area contributed by atoms with Crippen molar-refractivity contribution in [2.24, 2.45) is 0 Å². The highest BCUT2D eigenvalue weighted by Gasteiger charge is 2.12. The Bertz CT molecular complexity index is 991. The highest BCUT2D eigenvalue weighted by molar-refractivity contribution is 7.80. The number of nitrogens with one attached hydrogen (secondary N) is 2. The summed E-state index contributed by atoms with van der Waals surface area (Å²) in [5, 5.41) is 16.6. The van der Waals surface area contributed by atoms with E-state index in [1.165, 1.54) is 29.8 Å². The molecule has 1 fully saturated rings. The fourth-order valence-corrected chi connectivity index (χ4v) is 3.38. The summed E-state index contributed by atoms with van der Waals surface area (Å²) in [5.74, 6) is -0.459. The van der Waals surface area contributed by atoms with E-state index in [1.807, 2.05) is 24.3 Å². The molecule has 162 valence electrons. The Hall–Kier alpha value is -2.85. The molecule has 0 aromatic heterocycles. The number of nitro benzene ring substituents is 1. The molecule has 1 heterocycles. The number of hydrogen-bond donors (Lipinski definition) is 2. The van der Waals surface area contributed by atoms with Crippen molar-refractivity contribution in [2.45, 2.75) is 6.54 Å². The van der Waals surface area contributed by atoms with Crippen LogP contribution in [-0.4, -0.2) is 47.1 Å². The molecular weight excluding hydrogens is 440 g/mol. The van der Waals surface area contributed by atoms with Crippen molar-refractivity contribution in [3.8, 4) is 0 Å². The number of hydrogen-bond acceptors (Lipinski definition) is 6. The molecule has 0 atom stereocenters. The summed E-state index contributed by atoms with van der Waals surface area (Å²) < 4.78 is 5.36. The predicted molar refractivity (Wildman–Crippen MR) is 124 cm³/mol. The molecule has 10 heteroatoms. The van der Waals surface area contributed by atoms with Crippen LogP contribution in [0.15, 0.2) is 48.5 Å². The van der Waals surface area contributed by atoms with Crippen LogP contribution < -0.4 is 10.6 Å². The van der Waals surface area contributed by atoms with Gasteiger partial charge in [-0.05, 0) is 47.6 Å². The number of carbonyl (C=O) groups is 1. The maximum absolute atomic E-state index is 12.1. The van der Waals surface area contributed by atoms with E-state index in [0.717, 1.165) is 38.5 Å². The Balaban J connectivity index is 1.49. The molecule has 2 aromatic carbocycles. The lowest BCUT2D eigenvalue weighted by Crippen LogP contribution is -2.35. The van der Waals surface area contributed by atoms with Crippen molar-refractivity contribution < 1.29 is 14.5 Å². The third kappa shape index (κ3) is 7.11. The summed E-state index contributed by atoms with van der Waals surface area (Å²) in [6, 6.07) is 12.1. The molecule has 8 nitrogen and oxygen atoms in total. The lowest BCUT2D eigenvalue weighted by atomic mass is 10.2. The smallest absolute Gasteiger partial charge is 0.288 e. The van der Waals surface area contributed by atoms with E-state index in [4.69, 9.17) is 28.6 Å². The zero-order valence-electron chi connectivity index (χ0n) is 16.5. The predicted octanol–water partition coefficient (Wildman–Crippen LogP) is 3.61. The van der Waals surface area contributed by atoms with Gasteiger partial charge in [-0.3, -0.25) is 25.1 Å². The fourth-order valence-electron chi connectivity index (χ4n) is 2.97. The largest absolute Gasteiger partial charge is 0.379 e. The first-order chi connectivity index (χ1) is 14.9. The van der Waals surface area contributed by atoms with E-state index in [0.29, 0.717) is 5.56 Å². The molecule has 1 aliphatic heterocycles. The molecule has 1 amide bonds. The Kier molecular flexibility index (Phi) is 8.07. The minimum absolute atomic E-state index is 0.0351. The number of amides is 1. The number of halogens is 1. The molecule has 0 bridgehead atoms. The van der Waals surface area contributed by atoms with Gasteiger partial charge in [0.25, 0.3) is 5.69 Å². The van der Waals surface area contributed by atoms with Crippen molar-refractivity contribution in [1.29, 1.82) is 0 Å². The first-order valence-corrected chi connectivity index (χ1v) is 10.3. The van der Waals surface area contributed by atoms with E-state index in [1.54, 1.807) is 6.07 Å². The summed E-state index contributed by atoms with van der Waals surface area (Å²) in [7, 11) is 0. The number of benzene rings is 2. The van der Waals surface area contributed by atoms with Crippen LogP contribution in [0.5, 0.6) is 0 Å². The zero-order chi connectivity index (χ0) is 22.2. The molecule has 31 heavy (non-hydrogen) atoms. The first kappa shape index (κ1) is 22.8. The molecular formula is C21H21ClN4O4S. The van der Waals surface area contributed by atoms with Gasteiger partial charge in [-0.1, -0.05) is 29.8 Å². The van der Waals surface area contributed by atoms with Gasteiger partial charge in [-0.2, -0.15) is 0 Å². The van der Waals surface area contributed by atoms with Crippen LogP contribution in [0.4, 0.5) is 11.4 Å².